The summed E-state index contributed by atoms with van der Waals surface area (Å²) in [6, 6.07) is -0.704. The number of ether oxygens (including phenoxy) is 4. The van der Waals surface area contributed by atoms with Crippen molar-refractivity contribution in [2.45, 2.75) is 90.6 Å². The molecule has 0 N–H and O–H groups in total. The molecular weight excluding hydrogens is 661 g/mol. The molecule has 3 aliphatic rings. The van der Waals surface area contributed by atoms with Crippen molar-refractivity contribution >= 4 is 76.6 Å². The number of piperidine rings is 3. The van der Waals surface area contributed by atoms with Crippen LogP contribution in [0.2, 0.25) is 0 Å². The lowest BCUT2D eigenvalue weighted by Crippen LogP contribution is -2.63. The first kappa shape index (κ1) is 40.2. The van der Waals surface area contributed by atoms with Crippen LogP contribution >= 0.6 is 34.8 Å². The van der Waals surface area contributed by atoms with E-state index in [2.05, 4.69) is 9.47 Å². The van der Waals surface area contributed by atoms with E-state index >= 15 is 0 Å². The van der Waals surface area contributed by atoms with Gasteiger partial charge in [-0.1, -0.05) is 34.8 Å². The largest absolute Gasteiger partial charge is 0.465 e. The van der Waals surface area contributed by atoms with Gasteiger partial charge in [-0.2, -0.15) is 0 Å². The lowest BCUT2D eigenvalue weighted by atomic mass is 9.79. The molecule has 0 radical (unpaired) electrons. The highest BCUT2D eigenvalue weighted by Gasteiger charge is 2.48. The Hall–Kier alpha value is -2.84. The fourth-order valence-corrected chi connectivity index (χ4v) is 5.66. The van der Waals surface area contributed by atoms with Crippen molar-refractivity contribution in [2.75, 3.05) is 37.9 Å². The molecule has 17 heteroatoms. The van der Waals surface area contributed by atoms with Crippen molar-refractivity contribution < 1.29 is 52.5 Å². The number of nitrogens with zero attached hydrogens (tertiary/aromatic N) is 3. The summed E-state index contributed by atoms with van der Waals surface area (Å²) in [6.45, 7) is 10.0. The molecule has 0 aliphatic carbocycles. The summed E-state index contributed by atoms with van der Waals surface area (Å²) >= 11 is 15.8. The minimum absolute atomic E-state index is 0.170. The second-order valence-electron chi connectivity index (χ2n) is 11.3. The molecule has 0 saturated carbocycles. The van der Waals surface area contributed by atoms with Crippen molar-refractivity contribution in [3.63, 3.8) is 0 Å². The molecule has 14 nitrogen and oxygen atoms in total. The average Bonchev–Trinajstić information content (AvgIpc) is 2.93. The van der Waals surface area contributed by atoms with Gasteiger partial charge in [0, 0.05) is 43.4 Å². The van der Waals surface area contributed by atoms with Crippen molar-refractivity contribution in [1.82, 2.24) is 14.7 Å². The van der Waals surface area contributed by atoms with Crippen LogP contribution in [0.5, 0.6) is 0 Å². The molecule has 0 spiro atoms. The maximum atomic E-state index is 11.8. The summed E-state index contributed by atoms with van der Waals surface area (Å²) in [7, 11) is 0. The number of carbonyl (C=O) groups excluding carboxylic acids is 7. The van der Waals surface area contributed by atoms with Gasteiger partial charge in [0.15, 0.2) is 18.2 Å². The van der Waals surface area contributed by atoms with Crippen LogP contribution in [0.25, 0.3) is 0 Å². The third-order valence-electron chi connectivity index (χ3n) is 6.96. The summed E-state index contributed by atoms with van der Waals surface area (Å²) in [4.78, 5) is 83.9. The molecule has 0 aromatic heterocycles. The first-order valence-electron chi connectivity index (χ1n) is 14.4. The molecule has 45 heavy (non-hydrogen) atoms. The van der Waals surface area contributed by atoms with E-state index in [4.69, 9.17) is 44.3 Å². The highest BCUT2D eigenvalue weighted by atomic mass is 35.5. The lowest BCUT2D eigenvalue weighted by Gasteiger charge is -2.50. The van der Waals surface area contributed by atoms with Gasteiger partial charge in [-0.15, -0.1) is 0 Å². The number of imide groups is 2. The van der Waals surface area contributed by atoms with E-state index < -0.39 is 47.2 Å². The summed E-state index contributed by atoms with van der Waals surface area (Å²) in [5.74, 6) is -2.08. The number of ketones is 1. The van der Waals surface area contributed by atoms with E-state index in [1.165, 1.54) is 0 Å². The molecule has 0 aromatic carbocycles. The van der Waals surface area contributed by atoms with Gasteiger partial charge in [0.1, 0.15) is 11.7 Å². The number of carbonyl (C=O) groups is 7. The van der Waals surface area contributed by atoms with Crippen LogP contribution in [-0.2, 0) is 38.1 Å². The normalized spacial score (nSPS) is 20.5. The zero-order valence-electron chi connectivity index (χ0n) is 26.2. The average molecular weight is 703 g/mol. The van der Waals surface area contributed by atoms with E-state index in [1.54, 1.807) is 11.8 Å². The zero-order valence-corrected chi connectivity index (χ0v) is 28.5. The molecule has 1 unspecified atom stereocenters. The zero-order chi connectivity index (χ0) is 34.4. The van der Waals surface area contributed by atoms with Gasteiger partial charge < -0.3 is 18.9 Å². The van der Waals surface area contributed by atoms with Crippen molar-refractivity contribution in [3.05, 3.63) is 0 Å². The van der Waals surface area contributed by atoms with Crippen molar-refractivity contribution in [2.24, 2.45) is 5.92 Å². The Balaban J connectivity index is 0.000000343. The van der Waals surface area contributed by atoms with Crippen LogP contribution in [0, 0.1) is 5.92 Å². The minimum Gasteiger partial charge on any atom is -0.465 e. The van der Waals surface area contributed by atoms with Crippen LogP contribution in [0.4, 0.5) is 14.4 Å². The van der Waals surface area contributed by atoms with E-state index in [0.717, 1.165) is 22.6 Å². The number of amides is 5. The van der Waals surface area contributed by atoms with Gasteiger partial charge in [-0.3, -0.25) is 24.1 Å². The second kappa shape index (κ2) is 19.0. The maximum absolute atomic E-state index is 11.8. The molecule has 3 aliphatic heterocycles. The predicted octanol–water partition coefficient (Wildman–Crippen LogP) is 4.99. The Labute approximate surface area is 277 Å². The van der Waals surface area contributed by atoms with Gasteiger partial charge in [-0.05, 0) is 60.3 Å². The fraction of sp³-hybridized carbons (Fsp3) is 0.750. The lowest BCUT2D eigenvalue weighted by molar-refractivity contribution is -0.156. The first-order valence-corrected chi connectivity index (χ1v) is 16.0. The number of halogens is 3. The van der Waals surface area contributed by atoms with Gasteiger partial charge in [0.2, 0.25) is 11.8 Å². The number of hydrogen-bond donors (Lipinski definition) is 0. The quantitative estimate of drug-likeness (QED) is 0.164. The van der Waals surface area contributed by atoms with Gasteiger partial charge in [0.05, 0.1) is 6.61 Å². The standard InChI is InChI=1S/C11H18ClNO3.C10H14ClNO5.C7H10ClNO3/c1-10(2)5-8(14)6-11(3,4)13(10)9(15)16-7-12;1-2-16-9(14)7-4-3-5-12(8(7)13)10(15)17-6-11;8-5-12-7(11)9-4-2-1-3-6(9)10/h5-7H2,1-4H3;7H,2-6H2,1H3;1-5H2. The van der Waals surface area contributed by atoms with E-state index in [9.17, 15) is 33.6 Å². The molecule has 3 heterocycles. The Morgan fingerprint density at radius 3 is 1.71 bits per heavy atom. The smallest absolute Gasteiger partial charge is 0.417 e. The number of rotatable bonds is 5. The van der Waals surface area contributed by atoms with Crippen molar-refractivity contribution in [3.8, 4) is 0 Å². The van der Waals surface area contributed by atoms with Crippen LogP contribution in [0.15, 0.2) is 0 Å². The summed E-state index contributed by atoms with van der Waals surface area (Å²) in [5.41, 5.74) is -1.05. The Morgan fingerprint density at radius 2 is 1.22 bits per heavy atom. The highest BCUT2D eigenvalue weighted by molar-refractivity contribution is 6.18. The van der Waals surface area contributed by atoms with Crippen LogP contribution < -0.4 is 0 Å². The fourth-order valence-electron chi connectivity index (χ4n) is 5.38. The van der Waals surface area contributed by atoms with Crippen molar-refractivity contribution in [1.29, 1.82) is 0 Å². The maximum Gasteiger partial charge on any atom is 0.417 e. The molecule has 3 saturated heterocycles. The Kier molecular flexibility index (Phi) is 16.9. The Morgan fingerprint density at radius 1 is 0.733 bits per heavy atom. The SMILES string of the molecule is CC1(C)CC(=O)CC(C)(C)N1C(=O)OCCl.CCOC(=O)C1CCCN(C(=O)OCCl)C1=O.O=C1CCCCN1C(=O)OCCl. The molecule has 0 aromatic rings. The number of hydrogen-bond acceptors (Lipinski definition) is 11. The summed E-state index contributed by atoms with van der Waals surface area (Å²) in [5, 5.41) is 0. The highest BCUT2D eigenvalue weighted by Crippen LogP contribution is 2.37. The number of alkyl halides is 3. The third kappa shape index (κ3) is 12.1. The minimum atomic E-state index is -0.911. The first-order chi connectivity index (χ1) is 21.1. The number of Topliss-reactive ketones (excluding diaryl/α,β-unsaturated/α-hetero) is 1. The molecule has 1 atom stereocenters. The van der Waals surface area contributed by atoms with E-state index in [0.29, 0.717) is 38.6 Å². The van der Waals surface area contributed by atoms with E-state index in [-0.39, 0.29) is 43.0 Å². The summed E-state index contributed by atoms with van der Waals surface area (Å²) in [6.07, 6.45) is 1.87. The van der Waals surface area contributed by atoms with Crippen LogP contribution in [-0.4, -0.2) is 106 Å². The number of likely N-dealkylation sites (tertiary alicyclic amines) is 3. The molecule has 5 amide bonds. The monoisotopic (exact) mass is 701 g/mol. The van der Waals surface area contributed by atoms with Crippen LogP contribution in [0.1, 0.15) is 79.6 Å². The molecule has 3 fully saturated rings. The predicted molar refractivity (Wildman–Crippen MR) is 162 cm³/mol. The van der Waals surface area contributed by atoms with Gasteiger partial charge in [0.25, 0.3) is 0 Å². The topological polar surface area (TPSA) is 166 Å². The second-order valence-corrected chi connectivity index (χ2v) is 12.0. The third-order valence-corrected chi connectivity index (χ3v) is 7.29. The molecule has 0 bridgehead atoms. The molecule has 3 rings (SSSR count). The van der Waals surface area contributed by atoms with Gasteiger partial charge >= 0.3 is 24.2 Å². The Bertz CT molecular complexity index is 1040. The van der Waals surface area contributed by atoms with Gasteiger partial charge in [-0.25, -0.2) is 24.2 Å². The molecule has 256 valence electrons. The number of esters is 1. The van der Waals surface area contributed by atoms with E-state index in [1.807, 2.05) is 27.7 Å². The van der Waals surface area contributed by atoms with Crippen LogP contribution in [0.3, 0.4) is 0 Å². The summed E-state index contributed by atoms with van der Waals surface area (Å²) < 4.78 is 18.6. The molecular formula is C28H42Cl3N3O11.